The molecule has 0 bridgehead atoms. The molecule has 3 aromatic rings. The Bertz CT molecular complexity index is 834. The first-order valence-electron chi connectivity index (χ1n) is 5.96. The zero-order valence-corrected chi connectivity index (χ0v) is 12.3. The van der Waals surface area contributed by atoms with E-state index in [1.54, 1.807) is 35.7 Å². The topological polar surface area (TPSA) is 84.8 Å². The molecular formula is C13H10N4O2S2. The number of pyridine rings is 1. The maximum absolute atomic E-state index is 12.2. The summed E-state index contributed by atoms with van der Waals surface area (Å²) in [5, 5.41) is 5.73. The van der Waals surface area contributed by atoms with Gasteiger partial charge < -0.3 is 0 Å². The minimum atomic E-state index is -3.64. The molecule has 8 heteroatoms. The number of nitrogens with zero attached hydrogens (tertiary/aromatic N) is 3. The molecule has 0 aliphatic heterocycles. The summed E-state index contributed by atoms with van der Waals surface area (Å²) < 4.78 is 30.7. The van der Waals surface area contributed by atoms with Crippen LogP contribution in [0.2, 0.25) is 0 Å². The van der Waals surface area contributed by atoms with Crippen LogP contribution in [0.4, 0.5) is 5.82 Å². The van der Waals surface area contributed by atoms with Crippen LogP contribution in [0, 0.1) is 0 Å². The quantitative estimate of drug-likeness (QED) is 0.798. The fourth-order valence-electron chi connectivity index (χ4n) is 1.73. The van der Waals surface area contributed by atoms with Gasteiger partial charge in [0, 0.05) is 17.1 Å². The summed E-state index contributed by atoms with van der Waals surface area (Å²) in [5.74, 6) is 0.240. The Hall–Kier alpha value is -2.32. The molecule has 1 N–H and O–H groups in total. The van der Waals surface area contributed by atoms with Crippen molar-refractivity contribution in [3.05, 3.63) is 54.0 Å². The molecule has 2 heterocycles. The van der Waals surface area contributed by atoms with E-state index in [1.807, 2.05) is 0 Å². The minimum absolute atomic E-state index is 0.188. The predicted molar refractivity (Wildman–Crippen MR) is 80.4 cm³/mol. The molecule has 106 valence electrons. The van der Waals surface area contributed by atoms with E-state index in [4.69, 9.17) is 0 Å². The lowest BCUT2D eigenvalue weighted by atomic mass is 10.2. The number of hydrogen-bond acceptors (Lipinski definition) is 6. The van der Waals surface area contributed by atoms with Crippen LogP contribution in [0.15, 0.2) is 58.9 Å². The third-order valence-electron chi connectivity index (χ3n) is 2.71. The average molecular weight is 318 g/mol. The molecule has 0 fully saturated rings. The number of aromatic nitrogens is 3. The minimum Gasteiger partial charge on any atom is -0.263 e. The van der Waals surface area contributed by atoms with Crippen molar-refractivity contribution in [1.82, 2.24) is 14.6 Å². The highest BCUT2D eigenvalue weighted by molar-refractivity contribution is 7.92. The van der Waals surface area contributed by atoms with Gasteiger partial charge in [-0.05, 0) is 35.8 Å². The second-order valence-electron chi connectivity index (χ2n) is 4.14. The first-order chi connectivity index (χ1) is 10.1. The molecule has 6 nitrogen and oxygen atoms in total. The molecule has 1 aromatic carbocycles. The average Bonchev–Trinajstić information content (AvgIpc) is 3.02. The lowest BCUT2D eigenvalue weighted by Crippen LogP contribution is -2.13. The lowest BCUT2D eigenvalue weighted by Gasteiger charge is -2.07. The summed E-state index contributed by atoms with van der Waals surface area (Å²) in [6.45, 7) is 0. The van der Waals surface area contributed by atoms with Gasteiger partial charge in [-0.25, -0.2) is 13.4 Å². The van der Waals surface area contributed by atoms with E-state index in [0.717, 1.165) is 5.56 Å². The standard InChI is InChI=1S/C13H10N4O2S2/c18-21(19,11-4-2-1-3-5-11)16-13-8-10(6-7-14-13)12-9-20-17-15-12/h1-9H,(H,14,16). The van der Waals surface area contributed by atoms with E-state index in [2.05, 4.69) is 19.3 Å². The summed E-state index contributed by atoms with van der Waals surface area (Å²) in [6.07, 6.45) is 1.53. The fraction of sp³-hybridized carbons (Fsp3) is 0. The zero-order valence-electron chi connectivity index (χ0n) is 10.7. The van der Waals surface area contributed by atoms with Crippen LogP contribution in [-0.2, 0) is 10.0 Å². The molecule has 0 aliphatic carbocycles. The van der Waals surface area contributed by atoms with Gasteiger partial charge in [0.15, 0.2) is 0 Å². The molecule has 0 aliphatic rings. The van der Waals surface area contributed by atoms with Gasteiger partial charge in [-0.1, -0.05) is 22.7 Å². The van der Waals surface area contributed by atoms with Crippen molar-refractivity contribution >= 4 is 27.4 Å². The molecule has 0 atom stereocenters. The lowest BCUT2D eigenvalue weighted by molar-refractivity contribution is 0.601. The van der Waals surface area contributed by atoms with Gasteiger partial charge in [0.25, 0.3) is 10.0 Å². The van der Waals surface area contributed by atoms with Crippen molar-refractivity contribution in [2.24, 2.45) is 0 Å². The Labute approximate surface area is 125 Å². The van der Waals surface area contributed by atoms with Crippen LogP contribution in [-0.4, -0.2) is 23.0 Å². The van der Waals surface area contributed by atoms with Crippen molar-refractivity contribution in [3.63, 3.8) is 0 Å². The zero-order chi connectivity index (χ0) is 14.7. The van der Waals surface area contributed by atoms with E-state index >= 15 is 0 Å². The van der Waals surface area contributed by atoms with Gasteiger partial charge in [-0.2, -0.15) is 0 Å². The van der Waals surface area contributed by atoms with Gasteiger partial charge >= 0.3 is 0 Å². The first kappa shape index (κ1) is 13.7. The number of rotatable bonds is 4. The van der Waals surface area contributed by atoms with Gasteiger partial charge in [0.05, 0.1) is 4.90 Å². The SMILES string of the molecule is O=S(=O)(Nc1cc(-c2csnn2)ccn1)c1ccccc1. The molecule has 3 rings (SSSR count). The Balaban J connectivity index is 1.91. The highest BCUT2D eigenvalue weighted by atomic mass is 32.2. The maximum Gasteiger partial charge on any atom is 0.263 e. The molecule has 0 spiro atoms. The maximum atomic E-state index is 12.2. The Morgan fingerprint density at radius 3 is 2.62 bits per heavy atom. The first-order valence-corrected chi connectivity index (χ1v) is 8.28. The highest BCUT2D eigenvalue weighted by Crippen LogP contribution is 2.21. The number of nitrogens with one attached hydrogen (secondary N) is 1. The summed E-state index contributed by atoms with van der Waals surface area (Å²) in [5.41, 5.74) is 1.44. The fourth-order valence-corrected chi connectivity index (χ4v) is 3.22. The van der Waals surface area contributed by atoms with E-state index in [0.29, 0.717) is 5.69 Å². The van der Waals surface area contributed by atoms with Crippen LogP contribution in [0.3, 0.4) is 0 Å². The normalized spacial score (nSPS) is 11.2. The van der Waals surface area contributed by atoms with Crippen molar-refractivity contribution in [3.8, 4) is 11.3 Å². The smallest absolute Gasteiger partial charge is 0.263 e. The Morgan fingerprint density at radius 2 is 1.90 bits per heavy atom. The van der Waals surface area contributed by atoms with E-state index < -0.39 is 10.0 Å². The third-order valence-corrected chi connectivity index (χ3v) is 4.58. The molecule has 0 amide bonds. The predicted octanol–water partition coefficient (Wildman–Crippen LogP) is 2.40. The summed E-state index contributed by atoms with van der Waals surface area (Å²) in [6, 6.07) is 11.5. The van der Waals surface area contributed by atoms with Crippen LogP contribution in [0.1, 0.15) is 0 Å². The number of hydrogen-bond donors (Lipinski definition) is 1. The monoisotopic (exact) mass is 318 g/mol. The van der Waals surface area contributed by atoms with Gasteiger partial charge in [0.2, 0.25) is 0 Å². The van der Waals surface area contributed by atoms with E-state index in [9.17, 15) is 8.42 Å². The third kappa shape index (κ3) is 3.06. The summed E-state index contributed by atoms with van der Waals surface area (Å²) in [4.78, 5) is 4.21. The van der Waals surface area contributed by atoms with Gasteiger partial charge in [-0.3, -0.25) is 4.72 Å². The number of benzene rings is 1. The summed E-state index contributed by atoms with van der Waals surface area (Å²) >= 11 is 1.23. The van der Waals surface area contributed by atoms with Gasteiger partial charge in [0.1, 0.15) is 11.5 Å². The summed E-state index contributed by atoms with van der Waals surface area (Å²) in [7, 11) is -3.64. The highest BCUT2D eigenvalue weighted by Gasteiger charge is 2.14. The van der Waals surface area contributed by atoms with Crippen LogP contribution < -0.4 is 4.72 Å². The van der Waals surface area contributed by atoms with Crippen molar-refractivity contribution < 1.29 is 8.42 Å². The van der Waals surface area contributed by atoms with Crippen LogP contribution >= 0.6 is 11.5 Å². The molecular weight excluding hydrogens is 308 g/mol. The molecule has 0 radical (unpaired) electrons. The molecule has 21 heavy (non-hydrogen) atoms. The number of sulfonamides is 1. The van der Waals surface area contributed by atoms with Crippen molar-refractivity contribution in [2.45, 2.75) is 4.90 Å². The largest absolute Gasteiger partial charge is 0.263 e. The van der Waals surface area contributed by atoms with E-state index in [-0.39, 0.29) is 10.7 Å². The van der Waals surface area contributed by atoms with Crippen LogP contribution in [0.25, 0.3) is 11.3 Å². The van der Waals surface area contributed by atoms with Crippen molar-refractivity contribution in [1.29, 1.82) is 0 Å². The molecule has 0 unspecified atom stereocenters. The van der Waals surface area contributed by atoms with Gasteiger partial charge in [-0.15, -0.1) is 5.10 Å². The Morgan fingerprint density at radius 1 is 1.10 bits per heavy atom. The number of anilines is 1. The molecule has 0 saturated heterocycles. The van der Waals surface area contributed by atoms with Crippen molar-refractivity contribution in [2.75, 3.05) is 4.72 Å². The molecule has 2 aromatic heterocycles. The van der Waals surface area contributed by atoms with Crippen LogP contribution in [0.5, 0.6) is 0 Å². The molecule has 0 saturated carbocycles. The second kappa shape index (κ2) is 5.58. The second-order valence-corrected chi connectivity index (χ2v) is 6.43. The Kier molecular flexibility index (Phi) is 3.63. The van der Waals surface area contributed by atoms with E-state index in [1.165, 1.54) is 29.9 Å².